The predicted octanol–water partition coefficient (Wildman–Crippen LogP) is 0.572. The van der Waals surface area contributed by atoms with Crippen molar-refractivity contribution in [2.24, 2.45) is 17.6 Å². The molecule has 4 atom stereocenters. The van der Waals surface area contributed by atoms with Gasteiger partial charge in [0.25, 0.3) is 0 Å². The highest BCUT2D eigenvalue weighted by Gasteiger charge is 2.36. The predicted molar refractivity (Wildman–Crippen MR) is 66.6 cm³/mol. The minimum atomic E-state index is -0.340. The molecule has 2 aliphatic rings. The first-order valence-electron chi connectivity index (χ1n) is 6.82. The maximum absolute atomic E-state index is 11.9. The Morgan fingerprint density at radius 3 is 2.61 bits per heavy atom. The van der Waals surface area contributed by atoms with Crippen molar-refractivity contribution >= 4 is 11.8 Å². The van der Waals surface area contributed by atoms with E-state index in [1.54, 1.807) is 0 Å². The number of amides is 2. The molecule has 1 aliphatic carbocycles. The number of nitrogens with two attached hydrogens (primary N) is 1. The molecule has 2 amide bonds. The maximum Gasteiger partial charge on any atom is 0.223 e. The second kappa shape index (κ2) is 5.69. The van der Waals surface area contributed by atoms with Crippen LogP contribution in [-0.2, 0) is 14.3 Å². The zero-order valence-electron chi connectivity index (χ0n) is 10.9. The van der Waals surface area contributed by atoms with E-state index in [4.69, 9.17) is 10.5 Å². The molecule has 5 heteroatoms. The van der Waals surface area contributed by atoms with Gasteiger partial charge in [0.1, 0.15) is 0 Å². The zero-order chi connectivity index (χ0) is 13.1. The molecule has 0 radical (unpaired) electrons. The molecule has 4 unspecified atom stereocenters. The highest BCUT2D eigenvalue weighted by Crippen LogP contribution is 2.31. The van der Waals surface area contributed by atoms with E-state index in [9.17, 15) is 9.59 Å². The van der Waals surface area contributed by atoms with E-state index in [1.165, 1.54) is 0 Å². The van der Waals surface area contributed by atoms with Gasteiger partial charge in [-0.3, -0.25) is 9.59 Å². The number of carbonyl (C=O) groups is 2. The first-order valence-corrected chi connectivity index (χ1v) is 6.82. The molecule has 0 aromatic rings. The smallest absolute Gasteiger partial charge is 0.223 e. The van der Waals surface area contributed by atoms with E-state index in [2.05, 4.69) is 12.2 Å². The van der Waals surface area contributed by atoms with E-state index in [0.29, 0.717) is 18.8 Å². The summed E-state index contributed by atoms with van der Waals surface area (Å²) in [6.07, 6.45) is 5.13. The highest BCUT2D eigenvalue weighted by atomic mass is 16.6. The third kappa shape index (κ3) is 3.22. The van der Waals surface area contributed by atoms with Crippen LogP contribution < -0.4 is 11.1 Å². The average molecular weight is 254 g/mol. The number of hydrogen-bond acceptors (Lipinski definition) is 3. The Hall–Kier alpha value is -1.10. The fraction of sp³-hybridized carbons (Fsp3) is 0.846. The fourth-order valence-corrected chi connectivity index (χ4v) is 2.79. The molecule has 0 aromatic heterocycles. The Morgan fingerprint density at radius 2 is 2.00 bits per heavy atom. The second-order valence-electron chi connectivity index (χ2n) is 5.36. The Kier molecular flexibility index (Phi) is 4.22. The number of ether oxygens (including phenoxy) is 1. The fourth-order valence-electron chi connectivity index (χ4n) is 2.79. The minimum Gasteiger partial charge on any atom is -0.370 e. The Bertz CT molecular complexity index is 332. The summed E-state index contributed by atoms with van der Waals surface area (Å²) >= 11 is 0. The third-order valence-corrected chi connectivity index (χ3v) is 4.02. The van der Waals surface area contributed by atoms with Crippen LogP contribution in [0.15, 0.2) is 0 Å². The van der Waals surface area contributed by atoms with Crippen molar-refractivity contribution in [1.29, 1.82) is 0 Å². The van der Waals surface area contributed by atoms with Crippen molar-refractivity contribution in [3.63, 3.8) is 0 Å². The van der Waals surface area contributed by atoms with E-state index in [0.717, 1.165) is 32.1 Å². The van der Waals surface area contributed by atoms with Crippen LogP contribution in [0.1, 0.15) is 39.0 Å². The lowest BCUT2D eigenvalue weighted by Gasteiger charge is -2.16. The van der Waals surface area contributed by atoms with Crippen LogP contribution in [0.3, 0.4) is 0 Å². The third-order valence-electron chi connectivity index (χ3n) is 4.02. The van der Waals surface area contributed by atoms with Crippen molar-refractivity contribution in [3.05, 3.63) is 0 Å². The van der Waals surface area contributed by atoms with Crippen LogP contribution in [0.4, 0.5) is 0 Å². The van der Waals surface area contributed by atoms with Gasteiger partial charge in [-0.05, 0) is 32.6 Å². The monoisotopic (exact) mass is 254 g/mol. The van der Waals surface area contributed by atoms with E-state index >= 15 is 0 Å². The van der Waals surface area contributed by atoms with E-state index in [-0.39, 0.29) is 23.7 Å². The summed E-state index contributed by atoms with van der Waals surface area (Å²) in [5.74, 6) is -0.829. The number of nitrogens with one attached hydrogen (secondary N) is 1. The SMILES string of the molecule is CC1OC1CCCNC(=O)C1CCCC1C(N)=O. The van der Waals surface area contributed by atoms with Crippen molar-refractivity contribution in [2.45, 2.75) is 51.2 Å². The highest BCUT2D eigenvalue weighted by molar-refractivity contribution is 5.87. The van der Waals surface area contributed by atoms with Crippen molar-refractivity contribution in [1.82, 2.24) is 5.32 Å². The Balaban J connectivity index is 1.65. The molecule has 1 aliphatic heterocycles. The molecule has 2 rings (SSSR count). The van der Waals surface area contributed by atoms with Gasteiger partial charge in [-0.1, -0.05) is 6.42 Å². The molecule has 3 N–H and O–H groups in total. The van der Waals surface area contributed by atoms with Crippen molar-refractivity contribution < 1.29 is 14.3 Å². The molecule has 0 bridgehead atoms. The van der Waals surface area contributed by atoms with E-state index < -0.39 is 0 Å². The Labute approximate surface area is 107 Å². The number of rotatable bonds is 6. The van der Waals surface area contributed by atoms with Gasteiger partial charge in [0, 0.05) is 18.4 Å². The summed E-state index contributed by atoms with van der Waals surface area (Å²) in [4.78, 5) is 23.1. The van der Waals surface area contributed by atoms with Crippen LogP contribution in [0.2, 0.25) is 0 Å². The van der Waals surface area contributed by atoms with Gasteiger partial charge in [0.15, 0.2) is 0 Å². The lowest BCUT2D eigenvalue weighted by molar-refractivity contribution is -0.132. The molecule has 2 fully saturated rings. The number of primary amides is 1. The molecule has 102 valence electrons. The number of epoxide rings is 1. The molecule has 0 aromatic carbocycles. The van der Waals surface area contributed by atoms with Crippen molar-refractivity contribution in [3.8, 4) is 0 Å². The van der Waals surface area contributed by atoms with Crippen LogP contribution in [0.5, 0.6) is 0 Å². The van der Waals surface area contributed by atoms with Crippen LogP contribution in [-0.4, -0.2) is 30.6 Å². The molecular weight excluding hydrogens is 232 g/mol. The quantitative estimate of drug-likeness (QED) is 0.537. The first kappa shape index (κ1) is 13.3. The molecular formula is C13H22N2O3. The van der Waals surface area contributed by atoms with Crippen molar-refractivity contribution in [2.75, 3.05) is 6.54 Å². The lowest BCUT2D eigenvalue weighted by atomic mass is 9.94. The van der Waals surface area contributed by atoms with Crippen LogP contribution in [0, 0.1) is 11.8 Å². The first-order chi connectivity index (χ1) is 8.59. The standard InChI is InChI=1S/C13H22N2O3/c1-8-11(18-8)6-3-7-15-13(17)10-5-2-4-9(10)12(14)16/h8-11H,2-7H2,1H3,(H2,14,16)(H,15,17). The normalized spacial score (nSPS) is 34.3. The molecule has 1 heterocycles. The number of carbonyl (C=O) groups excluding carboxylic acids is 2. The molecule has 1 saturated carbocycles. The summed E-state index contributed by atoms with van der Waals surface area (Å²) in [6.45, 7) is 2.71. The van der Waals surface area contributed by atoms with Gasteiger partial charge in [-0.15, -0.1) is 0 Å². The second-order valence-corrected chi connectivity index (χ2v) is 5.36. The van der Waals surface area contributed by atoms with Crippen LogP contribution in [0.25, 0.3) is 0 Å². The Morgan fingerprint density at radius 1 is 1.33 bits per heavy atom. The summed E-state index contributed by atoms with van der Waals surface area (Å²) in [6, 6.07) is 0. The van der Waals surface area contributed by atoms with Gasteiger partial charge in [0.05, 0.1) is 12.2 Å². The largest absolute Gasteiger partial charge is 0.370 e. The lowest BCUT2D eigenvalue weighted by Crippen LogP contribution is -2.37. The molecule has 1 saturated heterocycles. The van der Waals surface area contributed by atoms with E-state index in [1.807, 2.05) is 0 Å². The van der Waals surface area contributed by atoms with Crippen LogP contribution >= 0.6 is 0 Å². The zero-order valence-corrected chi connectivity index (χ0v) is 10.9. The topological polar surface area (TPSA) is 84.7 Å². The van der Waals surface area contributed by atoms with Gasteiger partial charge in [-0.2, -0.15) is 0 Å². The van der Waals surface area contributed by atoms with Gasteiger partial charge >= 0.3 is 0 Å². The summed E-state index contributed by atoms with van der Waals surface area (Å²) < 4.78 is 5.30. The molecule has 5 nitrogen and oxygen atoms in total. The number of hydrogen-bond donors (Lipinski definition) is 2. The molecule has 18 heavy (non-hydrogen) atoms. The molecule has 0 spiro atoms. The summed E-state index contributed by atoms with van der Waals surface area (Å²) in [5.41, 5.74) is 5.31. The maximum atomic E-state index is 11.9. The van der Waals surface area contributed by atoms with Gasteiger partial charge in [0.2, 0.25) is 11.8 Å². The minimum absolute atomic E-state index is 0.0129. The average Bonchev–Trinajstić information content (AvgIpc) is 2.82. The van der Waals surface area contributed by atoms with Gasteiger partial charge in [-0.25, -0.2) is 0 Å². The van der Waals surface area contributed by atoms with Gasteiger partial charge < -0.3 is 15.8 Å². The summed E-state index contributed by atoms with van der Waals surface area (Å²) in [5, 5.41) is 2.91. The summed E-state index contributed by atoms with van der Waals surface area (Å²) in [7, 11) is 0.